The quantitative estimate of drug-likeness (QED) is 0.658. The first-order valence-electron chi connectivity index (χ1n) is 8.03. The first kappa shape index (κ1) is 14.5. The lowest BCUT2D eigenvalue weighted by molar-refractivity contribution is -0.434. The molecule has 1 aliphatic heterocycles. The molecule has 0 amide bonds. The van der Waals surface area contributed by atoms with E-state index in [1.54, 1.807) is 7.11 Å². The summed E-state index contributed by atoms with van der Waals surface area (Å²) < 4.78 is 7.88. The van der Waals surface area contributed by atoms with E-state index in [4.69, 9.17) is 4.74 Å². The Morgan fingerprint density at radius 1 is 0.833 bits per heavy atom. The minimum atomic E-state index is 0.737. The third kappa shape index (κ3) is 2.54. The van der Waals surface area contributed by atoms with E-state index < -0.39 is 0 Å². The van der Waals surface area contributed by atoms with Crippen molar-refractivity contribution in [3.63, 3.8) is 0 Å². The molecule has 24 heavy (non-hydrogen) atoms. The van der Waals surface area contributed by atoms with E-state index in [-0.39, 0.29) is 0 Å². The van der Waals surface area contributed by atoms with Gasteiger partial charge in [-0.3, -0.25) is 4.90 Å². The van der Waals surface area contributed by atoms with Gasteiger partial charge in [-0.1, -0.05) is 42.5 Å². The van der Waals surface area contributed by atoms with Crippen molar-refractivity contribution in [2.45, 2.75) is 0 Å². The number of anilines is 2. The highest BCUT2D eigenvalue weighted by Gasteiger charge is 2.28. The lowest BCUT2D eigenvalue weighted by Gasteiger charge is -2.28. The number of hydrogen-bond acceptors (Lipinski definition) is 2. The number of fused-ring (bicyclic) bond motifs is 1. The van der Waals surface area contributed by atoms with Gasteiger partial charge in [-0.05, 0) is 24.3 Å². The van der Waals surface area contributed by atoms with Gasteiger partial charge in [0.2, 0.25) is 12.4 Å². The number of rotatable bonds is 3. The summed E-state index contributed by atoms with van der Waals surface area (Å²) in [5.41, 5.74) is 4.58. The number of methoxy groups -OCH3 is 1. The summed E-state index contributed by atoms with van der Waals surface area (Å²) in [6.07, 6.45) is 2.19. The number of benzene rings is 3. The van der Waals surface area contributed by atoms with Gasteiger partial charge in [-0.15, -0.1) is 0 Å². The fourth-order valence-electron chi connectivity index (χ4n) is 3.12. The van der Waals surface area contributed by atoms with Gasteiger partial charge in [0.25, 0.3) is 0 Å². The lowest BCUT2D eigenvalue weighted by atomic mass is 10.1. The average molecular weight is 315 g/mol. The van der Waals surface area contributed by atoms with Gasteiger partial charge >= 0.3 is 0 Å². The molecule has 3 heteroatoms. The summed E-state index contributed by atoms with van der Waals surface area (Å²) in [6.45, 7) is 0.737. The second-order valence-corrected chi connectivity index (χ2v) is 5.74. The number of para-hydroxylation sites is 3. The average Bonchev–Trinajstić information content (AvgIpc) is 2.68. The smallest absolute Gasteiger partial charge is 0.228 e. The van der Waals surface area contributed by atoms with Gasteiger partial charge in [-0.2, -0.15) is 4.58 Å². The molecular weight excluding hydrogens is 296 g/mol. The van der Waals surface area contributed by atoms with E-state index in [0.717, 1.165) is 29.4 Å². The van der Waals surface area contributed by atoms with Crippen LogP contribution in [0.15, 0.2) is 78.9 Å². The van der Waals surface area contributed by atoms with Crippen molar-refractivity contribution in [2.24, 2.45) is 0 Å². The van der Waals surface area contributed by atoms with Crippen molar-refractivity contribution >= 4 is 23.3 Å². The van der Waals surface area contributed by atoms with Crippen LogP contribution < -0.4 is 9.64 Å². The van der Waals surface area contributed by atoms with Crippen LogP contribution in [0.25, 0.3) is 0 Å². The minimum Gasteiger partial charge on any atom is -0.495 e. The van der Waals surface area contributed by atoms with E-state index >= 15 is 0 Å². The second-order valence-electron chi connectivity index (χ2n) is 5.74. The number of ether oxygens (including phenoxy) is 1. The number of nitrogens with zero attached hydrogens (tertiary/aromatic N) is 2. The molecule has 0 saturated heterocycles. The zero-order valence-corrected chi connectivity index (χ0v) is 13.6. The maximum atomic E-state index is 5.63. The van der Waals surface area contributed by atoms with Crippen molar-refractivity contribution < 1.29 is 9.31 Å². The molecule has 3 nitrogen and oxygen atoms in total. The first-order chi connectivity index (χ1) is 11.9. The molecule has 118 valence electrons. The van der Waals surface area contributed by atoms with E-state index in [0.29, 0.717) is 0 Å². The monoisotopic (exact) mass is 315 g/mol. The van der Waals surface area contributed by atoms with Gasteiger partial charge < -0.3 is 4.74 Å². The number of hydrogen-bond donors (Lipinski definition) is 0. The maximum Gasteiger partial charge on any atom is 0.228 e. The van der Waals surface area contributed by atoms with E-state index in [1.807, 2.05) is 24.3 Å². The highest BCUT2D eigenvalue weighted by Crippen LogP contribution is 2.38. The largest absolute Gasteiger partial charge is 0.495 e. The Balaban J connectivity index is 1.89. The molecule has 0 radical (unpaired) electrons. The summed E-state index contributed by atoms with van der Waals surface area (Å²) >= 11 is 0. The molecule has 1 heterocycles. The molecule has 3 aromatic rings. The Bertz CT molecular complexity index is 873. The van der Waals surface area contributed by atoms with Gasteiger partial charge in [-0.25, -0.2) is 0 Å². The molecule has 0 aliphatic carbocycles. The summed E-state index contributed by atoms with van der Waals surface area (Å²) in [4.78, 5) is 2.29. The van der Waals surface area contributed by atoms with Crippen molar-refractivity contribution in [2.75, 3.05) is 18.7 Å². The highest BCUT2D eigenvalue weighted by molar-refractivity contribution is 5.92. The van der Waals surface area contributed by atoms with Gasteiger partial charge in [0.1, 0.15) is 11.4 Å². The van der Waals surface area contributed by atoms with Crippen LogP contribution in [-0.2, 0) is 0 Å². The fourth-order valence-corrected chi connectivity index (χ4v) is 3.12. The van der Waals surface area contributed by atoms with Crippen molar-refractivity contribution in [1.29, 1.82) is 0 Å². The van der Waals surface area contributed by atoms with Crippen LogP contribution in [0.2, 0.25) is 0 Å². The van der Waals surface area contributed by atoms with Crippen molar-refractivity contribution in [3.05, 3.63) is 84.4 Å². The first-order valence-corrected chi connectivity index (χ1v) is 8.03. The van der Waals surface area contributed by atoms with Crippen LogP contribution >= 0.6 is 0 Å². The van der Waals surface area contributed by atoms with Crippen LogP contribution in [0.4, 0.5) is 17.1 Å². The summed E-state index contributed by atoms with van der Waals surface area (Å²) in [5.74, 6) is 0.889. The third-order valence-electron chi connectivity index (χ3n) is 4.26. The Hall–Kier alpha value is -3.07. The zero-order valence-electron chi connectivity index (χ0n) is 13.6. The zero-order chi connectivity index (χ0) is 16.4. The van der Waals surface area contributed by atoms with Gasteiger partial charge in [0.05, 0.1) is 12.7 Å². The van der Waals surface area contributed by atoms with Crippen LogP contribution in [0.1, 0.15) is 5.56 Å². The molecule has 1 aliphatic rings. The topological polar surface area (TPSA) is 15.5 Å². The van der Waals surface area contributed by atoms with Gasteiger partial charge in [0.15, 0.2) is 6.21 Å². The fraction of sp³-hybridized carbons (Fsp3) is 0.0952. The normalized spacial score (nSPS) is 13.2. The molecule has 0 aromatic heterocycles. The molecule has 0 spiro atoms. The Labute approximate surface area is 142 Å². The molecule has 3 aromatic carbocycles. The SMILES string of the molecule is COc1cccc2c1N(c1ccccc1)C[N+](c1ccccc1)=C2. The van der Waals surface area contributed by atoms with E-state index in [1.165, 1.54) is 5.69 Å². The minimum absolute atomic E-state index is 0.737. The lowest BCUT2D eigenvalue weighted by Crippen LogP contribution is -2.32. The van der Waals surface area contributed by atoms with Crippen LogP contribution in [0.3, 0.4) is 0 Å². The maximum absolute atomic E-state index is 5.63. The Morgan fingerprint density at radius 3 is 2.25 bits per heavy atom. The Morgan fingerprint density at radius 2 is 1.54 bits per heavy atom. The molecular formula is C21H19N2O+. The molecule has 0 N–H and O–H groups in total. The highest BCUT2D eigenvalue weighted by atomic mass is 16.5. The second kappa shape index (κ2) is 6.20. The van der Waals surface area contributed by atoms with Crippen LogP contribution in [0, 0.1) is 0 Å². The van der Waals surface area contributed by atoms with E-state index in [9.17, 15) is 0 Å². The van der Waals surface area contributed by atoms with Crippen LogP contribution in [-0.4, -0.2) is 24.6 Å². The third-order valence-corrected chi connectivity index (χ3v) is 4.26. The molecule has 4 rings (SSSR count). The summed E-state index contributed by atoms with van der Waals surface area (Å²) in [7, 11) is 1.72. The Kier molecular flexibility index (Phi) is 3.75. The molecule has 0 atom stereocenters. The molecule has 0 bridgehead atoms. The van der Waals surface area contributed by atoms with E-state index in [2.05, 4.69) is 70.3 Å². The van der Waals surface area contributed by atoms with Gasteiger partial charge in [0, 0.05) is 17.8 Å². The van der Waals surface area contributed by atoms with Crippen LogP contribution in [0.5, 0.6) is 5.75 Å². The molecule has 0 unspecified atom stereocenters. The predicted molar refractivity (Wildman–Crippen MR) is 98.0 cm³/mol. The molecule has 0 saturated carbocycles. The summed E-state index contributed by atoms with van der Waals surface area (Å²) in [5, 5.41) is 0. The predicted octanol–water partition coefficient (Wildman–Crippen LogP) is 4.57. The summed E-state index contributed by atoms with van der Waals surface area (Å²) in [6, 6.07) is 27.0. The molecule has 0 fully saturated rings. The van der Waals surface area contributed by atoms with Crippen molar-refractivity contribution in [3.8, 4) is 5.75 Å². The van der Waals surface area contributed by atoms with Crippen molar-refractivity contribution in [1.82, 2.24) is 0 Å². The standard InChI is InChI=1S/C21H19N2O/c1-24-20-14-8-9-17-15-22(18-10-4-2-5-11-18)16-23(21(17)20)19-12-6-3-7-13-19/h2-15H,16H2,1H3/q+1.